The van der Waals surface area contributed by atoms with Crippen LogP contribution in [0.5, 0.6) is 0 Å². The first-order valence-corrected chi connectivity index (χ1v) is 9.90. The summed E-state index contributed by atoms with van der Waals surface area (Å²) < 4.78 is 82.4. The van der Waals surface area contributed by atoms with Crippen LogP contribution in [-0.2, 0) is 0 Å². The van der Waals surface area contributed by atoms with Gasteiger partial charge in [-0.2, -0.15) is 13.2 Å². The third-order valence-electron chi connectivity index (χ3n) is 5.30. The summed E-state index contributed by atoms with van der Waals surface area (Å²) in [5.74, 6) is -4.10. The van der Waals surface area contributed by atoms with Gasteiger partial charge in [-0.15, -0.1) is 0 Å². The first-order valence-electron chi connectivity index (χ1n) is 9.90. The zero-order valence-corrected chi connectivity index (χ0v) is 17.3. The highest BCUT2D eigenvalue weighted by Gasteiger charge is 2.43. The molecule has 0 fully saturated rings. The van der Waals surface area contributed by atoms with Crippen LogP contribution in [-0.4, -0.2) is 16.1 Å². The predicted molar refractivity (Wildman–Crippen MR) is 111 cm³/mol. The second kappa shape index (κ2) is 7.40. The molecule has 0 radical (unpaired) electrons. The Bertz CT molecular complexity index is 1520. The Hall–Kier alpha value is -3.75. The number of rotatable bonds is 3. The molecule has 9 heteroatoms. The zero-order chi connectivity index (χ0) is 23.5. The van der Waals surface area contributed by atoms with Crippen LogP contribution in [0.2, 0.25) is 0 Å². The summed E-state index contributed by atoms with van der Waals surface area (Å²) in [6, 6.07) is 10.7. The lowest BCUT2D eigenvalue weighted by molar-refractivity contribution is -0.141. The normalized spacial score (nSPS) is 13.2. The number of oxazole rings is 2. The van der Waals surface area contributed by atoms with E-state index >= 15 is 0 Å². The second-order valence-corrected chi connectivity index (χ2v) is 7.80. The van der Waals surface area contributed by atoms with E-state index in [9.17, 15) is 22.0 Å². The smallest absolute Gasteiger partial charge is 0.399 e. The molecule has 0 amide bonds. The Labute approximate surface area is 183 Å². The molecule has 2 heterocycles. The minimum atomic E-state index is -4.85. The van der Waals surface area contributed by atoms with Gasteiger partial charge in [-0.1, -0.05) is 17.7 Å². The summed E-state index contributed by atoms with van der Waals surface area (Å²) in [6.45, 7) is 3.31. The van der Waals surface area contributed by atoms with Gasteiger partial charge in [0.1, 0.15) is 17.0 Å². The van der Waals surface area contributed by atoms with Crippen LogP contribution in [0.25, 0.3) is 33.7 Å². The van der Waals surface area contributed by atoms with Gasteiger partial charge in [0.05, 0.1) is 0 Å². The van der Waals surface area contributed by atoms with Crippen molar-refractivity contribution in [2.24, 2.45) is 0 Å². The van der Waals surface area contributed by atoms with Gasteiger partial charge in [0.2, 0.25) is 5.89 Å². The number of halogens is 5. The lowest BCUT2D eigenvalue weighted by Crippen LogP contribution is -2.22. The quantitative estimate of drug-likeness (QED) is 0.268. The average Bonchev–Trinajstić information content (AvgIpc) is 3.31. The van der Waals surface area contributed by atoms with Crippen molar-refractivity contribution >= 4 is 22.2 Å². The van der Waals surface area contributed by atoms with Crippen LogP contribution in [0.4, 0.5) is 22.0 Å². The molecule has 0 saturated heterocycles. The summed E-state index contributed by atoms with van der Waals surface area (Å²) >= 11 is 0. The Morgan fingerprint density at radius 2 is 1.39 bits per heavy atom. The van der Waals surface area contributed by atoms with Crippen molar-refractivity contribution in [1.82, 2.24) is 9.97 Å². The molecule has 0 saturated carbocycles. The van der Waals surface area contributed by atoms with Gasteiger partial charge in [0.15, 0.2) is 28.7 Å². The maximum atomic E-state index is 14.9. The predicted octanol–water partition coefficient (Wildman–Crippen LogP) is 7.23. The lowest BCUT2D eigenvalue weighted by Gasteiger charge is -2.21. The van der Waals surface area contributed by atoms with Crippen molar-refractivity contribution in [1.29, 1.82) is 0 Å². The fraction of sp³-hybridized carbons (Fsp3) is 0.167. The topological polar surface area (TPSA) is 52.1 Å². The number of aryl methyl sites for hydroxylation is 2. The van der Waals surface area contributed by atoms with E-state index in [4.69, 9.17) is 8.83 Å². The second-order valence-electron chi connectivity index (χ2n) is 7.80. The molecule has 0 spiro atoms. The fourth-order valence-corrected chi connectivity index (χ4v) is 3.94. The number of hydrogen-bond acceptors (Lipinski definition) is 4. The number of hydrogen-bond donors (Lipinski definition) is 0. The number of benzene rings is 3. The number of nitrogens with zero attached hydrogens (tertiary/aromatic N) is 2. The van der Waals surface area contributed by atoms with Gasteiger partial charge in [0.25, 0.3) is 0 Å². The highest BCUT2D eigenvalue weighted by molar-refractivity contribution is 5.79. The Balaban J connectivity index is 1.67. The van der Waals surface area contributed by atoms with Crippen molar-refractivity contribution < 1.29 is 30.8 Å². The third kappa shape index (κ3) is 3.73. The van der Waals surface area contributed by atoms with Gasteiger partial charge < -0.3 is 8.83 Å². The zero-order valence-electron chi connectivity index (χ0n) is 17.3. The molecule has 5 aromatic rings. The van der Waals surface area contributed by atoms with Crippen LogP contribution in [0.1, 0.15) is 28.5 Å². The molecule has 2 aromatic heterocycles. The number of alkyl halides is 3. The molecule has 168 valence electrons. The summed E-state index contributed by atoms with van der Waals surface area (Å²) in [5.41, 5.74) is -0.0152. The molecule has 4 nitrogen and oxygen atoms in total. The minimum Gasteiger partial charge on any atom is -0.438 e. The number of aromatic nitrogens is 2. The molecule has 5 rings (SSSR count). The lowest BCUT2D eigenvalue weighted by atomic mass is 9.90. The van der Waals surface area contributed by atoms with E-state index in [1.165, 1.54) is 6.92 Å². The third-order valence-corrected chi connectivity index (χ3v) is 5.30. The van der Waals surface area contributed by atoms with E-state index in [-0.39, 0.29) is 34.0 Å². The number of fused-ring (bicyclic) bond motifs is 2. The van der Waals surface area contributed by atoms with E-state index in [1.54, 1.807) is 18.2 Å². The molecule has 1 unspecified atom stereocenters. The van der Waals surface area contributed by atoms with E-state index in [2.05, 4.69) is 9.97 Å². The van der Waals surface area contributed by atoms with E-state index in [0.717, 1.165) is 29.8 Å². The van der Waals surface area contributed by atoms with E-state index < -0.39 is 34.9 Å². The maximum absolute atomic E-state index is 14.9. The molecule has 0 bridgehead atoms. The summed E-state index contributed by atoms with van der Waals surface area (Å²) in [6.07, 6.45) is -4.85. The molecule has 0 aliphatic rings. The fourth-order valence-electron chi connectivity index (χ4n) is 3.94. The highest BCUT2D eigenvalue weighted by Crippen LogP contribution is 2.43. The first kappa shape index (κ1) is 21.1. The molecular weight excluding hydrogens is 443 g/mol. The Morgan fingerprint density at radius 3 is 2.00 bits per heavy atom. The van der Waals surface area contributed by atoms with Crippen LogP contribution in [0, 0.1) is 25.5 Å². The van der Waals surface area contributed by atoms with Gasteiger partial charge in [-0.25, -0.2) is 18.7 Å². The molecule has 0 aliphatic carbocycles. The van der Waals surface area contributed by atoms with Crippen molar-refractivity contribution in [3.8, 4) is 11.5 Å². The van der Waals surface area contributed by atoms with Gasteiger partial charge in [-0.05, 0) is 54.4 Å². The van der Waals surface area contributed by atoms with Crippen LogP contribution in [0.15, 0.2) is 57.4 Å². The molecular formula is C24H15F5N2O2. The van der Waals surface area contributed by atoms with Crippen LogP contribution < -0.4 is 0 Å². The molecule has 1 atom stereocenters. The van der Waals surface area contributed by atoms with E-state index in [1.807, 2.05) is 13.0 Å². The molecule has 3 aromatic carbocycles. The van der Waals surface area contributed by atoms with Gasteiger partial charge in [0, 0.05) is 12.5 Å². The minimum absolute atomic E-state index is 0.0542. The standard InChI is InChI=1S/C24H15F5N2O2/c1-11-4-3-5-13(6-11)23-31-19-10-15(8-17(26)22(19)33-23)20(24(27,28)29)14-7-16(25)21-18(9-14)30-12(2)32-21/h3-10,20H,1-2H3. The maximum Gasteiger partial charge on any atom is 0.399 e. The Kier molecular flexibility index (Phi) is 4.73. The van der Waals surface area contributed by atoms with Gasteiger partial charge >= 0.3 is 6.18 Å². The Morgan fingerprint density at radius 1 is 0.788 bits per heavy atom. The van der Waals surface area contributed by atoms with E-state index in [0.29, 0.717) is 5.56 Å². The van der Waals surface area contributed by atoms with Crippen molar-refractivity contribution in [3.63, 3.8) is 0 Å². The summed E-state index contributed by atoms with van der Waals surface area (Å²) in [5, 5.41) is 0. The van der Waals surface area contributed by atoms with Gasteiger partial charge in [-0.3, -0.25) is 0 Å². The van der Waals surface area contributed by atoms with Crippen LogP contribution in [0.3, 0.4) is 0 Å². The largest absolute Gasteiger partial charge is 0.438 e. The molecule has 0 N–H and O–H groups in total. The summed E-state index contributed by atoms with van der Waals surface area (Å²) in [7, 11) is 0. The summed E-state index contributed by atoms with van der Waals surface area (Å²) in [4.78, 5) is 8.13. The highest BCUT2D eigenvalue weighted by atomic mass is 19.4. The first-order chi connectivity index (χ1) is 15.6. The van der Waals surface area contributed by atoms with Crippen LogP contribution >= 0.6 is 0 Å². The van der Waals surface area contributed by atoms with Crippen molar-refractivity contribution in [3.05, 3.63) is 82.7 Å². The van der Waals surface area contributed by atoms with Crippen molar-refractivity contribution in [2.75, 3.05) is 0 Å². The molecule has 0 aliphatic heterocycles. The molecule has 33 heavy (non-hydrogen) atoms. The van der Waals surface area contributed by atoms with Crippen molar-refractivity contribution in [2.45, 2.75) is 25.9 Å². The average molecular weight is 458 g/mol. The monoisotopic (exact) mass is 458 g/mol. The SMILES string of the molecule is Cc1cccc(-c2nc3cc(C(c4cc(F)c5oc(C)nc5c4)C(F)(F)F)cc(F)c3o2)c1.